The molecule has 1 aliphatic carbocycles. The van der Waals surface area contributed by atoms with Crippen LogP contribution < -0.4 is 15.1 Å². The summed E-state index contributed by atoms with van der Waals surface area (Å²) in [4.78, 5) is 13.4. The molecule has 1 N–H and O–H groups in total. The molecular weight excluding hydrogens is 220 g/mol. The number of carbonyl (C=O) groups excluding carboxylic acids is 1. The summed E-state index contributed by atoms with van der Waals surface area (Å²) < 4.78 is 5.03. The maximum absolute atomic E-state index is 11.9. The van der Waals surface area contributed by atoms with Crippen molar-refractivity contribution in [3.05, 3.63) is 6.20 Å². The average Bonchev–Trinajstić information content (AvgIpc) is 2.79. The molecule has 0 aliphatic heterocycles. The average molecular weight is 239 g/mol. The van der Waals surface area contributed by atoms with Gasteiger partial charge in [-0.2, -0.15) is 5.01 Å². The van der Waals surface area contributed by atoms with Crippen molar-refractivity contribution in [2.24, 2.45) is 5.92 Å². The number of carbonyl (C=O) groups is 1. The van der Waals surface area contributed by atoms with Crippen LogP contribution in [0.1, 0.15) is 32.1 Å². The van der Waals surface area contributed by atoms with Crippen LogP contribution in [0.15, 0.2) is 10.7 Å². The molecule has 1 amide bonds. The number of nitrogens with one attached hydrogen (secondary N) is 1. The van der Waals surface area contributed by atoms with E-state index >= 15 is 0 Å². The van der Waals surface area contributed by atoms with E-state index < -0.39 is 0 Å². The maximum Gasteiger partial charge on any atom is 0.305 e. The van der Waals surface area contributed by atoms with Crippen LogP contribution in [0.4, 0.5) is 5.88 Å². The Labute approximate surface area is 101 Å². The molecule has 0 unspecified atom stereocenters. The first kappa shape index (κ1) is 11.9. The van der Waals surface area contributed by atoms with Gasteiger partial charge in [0, 0.05) is 5.92 Å². The van der Waals surface area contributed by atoms with E-state index in [-0.39, 0.29) is 11.8 Å². The van der Waals surface area contributed by atoms with Gasteiger partial charge < -0.3 is 0 Å². The third-order valence-electron chi connectivity index (χ3n) is 3.09. The maximum atomic E-state index is 11.9. The highest BCUT2D eigenvalue weighted by Gasteiger charge is 2.23. The standard InChI is InChI=1S/C11H18N4O2/c1-14(2)15-8-10(17-13-15)12-11(16)9-6-4-3-5-7-9/h8-9H,3-7H2,1-2H3/p+1. The summed E-state index contributed by atoms with van der Waals surface area (Å²) in [6.45, 7) is 0. The second kappa shape index (κ2) is 5.16. The smallest absolute Gasteiger partial charge is 0.289 e. The molecule has 0 aromatic carbocycles. The Hall–Kier alpha value is -1.59. The largest absolute Gasteiger partial charge is 0.305 e. The minimum atomic E-state index is 0.0479. The topological polar surface area (TPSA) is 62.2 Å². The van der Waals surface area contributed by atoms with Crippen LogP contribution in [-0.2, 0) is 4.79 Å². The normalized spacial score (nSPS) is 16.8. The summed E-state index contributed by atoms with van der Waals surface area (Å²) in [6, 6.07) is 0. The highest BCUT2D eigenvalue weighted by molar-refractivity contribution is 5.91. The van der Waals surface area contributed by atoms with Crippen molar-refractivity contribution in [1.29, 1.82) is 0 Å². The van der Waals surface area contributed by atoms with Gasteiger partial charge in [0.2, 0.25) is 11.2 Å². The summed E-state index contributed by atoms with van der Waals surface area (Å²) in [5.41, 5.74) is 0. The Kier molecular flexibility index (Phi) is 3.61. The SMILES string of the molecule is CN(C)[n+]1cc(NC(=O)C2CCCCC2)on1. The molecule has 1 saturated carbocycles. The minimum Gasteiger partial charge on any atom is -0.289 e. The quantitative estimate of drug-likeness (QED) is 0.788. The summed E-state index contributed by atoms with van der Waals surface area (Å²) in [7, 11) is 3.69. The Bertz CT molecular complexity index is 383. The van der Waals surface area contributed by atoms with E-state index in [1.165, 1.54) is 11.2 Å². The molecule has 94 valence electrons. The van der Waals surface area contributed by atoms with Gasteiger partial charge in [-0.05, 0) is 12.8 Å². The number of hydrogen-bond acceptors (Lipinski definition) is 4. The zero-order valence-electron chi connectivity index (χ0n) is 10.3. The van der Waals surface area contributed by atoms with Crippen LogP contribution in [0, 0.1) is 5.92 Å². The zero-order valence-corrected chi connectivity index (χ0v) is 10.3. The van der Waals surface area contributed by atoms with E-state index in [2.05, 4.69) is 10.6 Å². The molecule has 1 fully saturated rings. The molecular formula is C11H19N4O2+. The third-order valence-corrected chi connectivity index (χ3v) is 3.09. The molecule has 0 atom stereocenters. The molecule has 0 saturated heterocycles. The molecule has 1 aromatic rings. The van der Waals surface area contributed by atoms with Crippen molar-refractivity contribution in [2.45, 2.75) is 32.1 Å². The van der Waals surface area contributed by atoms with Gasteiger partial charge in [0.1, 0.15) is 0 Å². The van der Waals surface area contributed by atoms with Crippen LogP contribution in [-0.4, -0.2) is 25.3 Å². The Morgan fingerprint density at radius 3 is 2.76 bits per heavy atom. The lowest BCUT2D eigenvalue weighted by Gasteiger charge is -2.19. The van der Waals surface area contributed by atoms with Gasteiger partial charge in [-0.15, -0.1) is 0 Å². The number of nitrogens with zero attached hydrogens (tertiary/aromatic N) is 3. The molecule has 0 spiro atoms. The monoisotopic (exact) mass is 239 g/mol. The second-order valence-electron chi connectivity index (χ2n) is 4.66. The number of rotatable bonds is 3. The highest BCUT2D eigenvalue weighted by Crippen LogP contribution is 2.24. The Balaban J connectivity index is 1.92. The first-order chi connectivity index (χ1) is 8.16. The predicted molar refractivity (Wildman–Crippen MR) is 62.0 cm³/mol. The number of hydrogen-bond donors (Lipinski definition) is 1. The molecule has 6 nitrogen and oxygen atoms in total. The van der Waals surface area contributed by atoms with Gasteiger partial charge in [0.25, 0.3) is 6.20 Å². The Morgan fingerprint density at radius 1 is 1.47 bits per heavy atom. The molecule has 1 aromatic heterocycles. The van der Waals surface area contributed by atoms with Gasteiger partial charge in [-0.1, -0.05) is 19.3 Å². The molecule has 1 aliphatic rings. The van der Waals surface area contributed by atoms with Crippen LogP contribution in [0.5, 0.6) is 0 Å². The molecule has 6 heteroatoms. The fourth-order valence-corrected chi connectivity index (χ4v) is 2.07. The van der Waals surface area contributed by atoms with E-state index in [0.29, 0.717) is 5.88 Å². The number of amides is 1. The van der Waals surface area contributed by atoms with E-state index in [0.717, 1.165) is 25.7 Å². The van der Waals surface area contributed by atoms with E-state index in [4.69, 9.17) is 4.52 Å². The van der Waals surface area contributed by atoms with Gasteiger partial charge in [-0.25, -0.2) is 0 Å². The summed E-state index contributed by atoms with van der Waals surface area (Å²) >= 11 is 0. The van der Waals surface area contributed by atoms with Crippen molar-refractivity contribution in [3.8, 4) is 0 Å². The molecule has 0 radical (unpaired) electrons. The van der Waals surface area contributed by atoms with Gasteiger partial charge in [0.15, 0.2) is 0 Å². The van der Waals surface area contributed by atoms with E-state index in [1.807, 2.05) is 14.1 Å². The minimum absolute atomic E-state index is 0.0479. The number of anilines is 1. The predicted octanol–water partition coefficient (Wildman–Crippen LogP) is 0.678. The van der Waals surface area contributed by atoms with Gasteiger partial charge >= 0.3 is 5.88 Å². The molecule has 2 rings (SSSR count). The fraction of sp³-hybridized carbons (Fsp3) is 0.727. The molecule has 1 heterocycles. The van der Waals surface area contributed by atoms with Crippen molar-refractivity contribution in [1.82, 2.24) is 5.27 Å². The lowest BCUT2D eigenvalue weighted by Crippen LogP contribution is -2.53. The van der Waals surface area contributed by atoms with Crippen molar-refractivity contribution in [2.75, 3.05) is 24.4 Å². The third kappa shape index (κ3) is 2.95. The van der Waals surface area contributed by atoms with Crippen LogP contribution in [0.2, 0.25) is 0 Å². The van der Waals surface area contributed by atoms with Gasteiger partial charge in [0.05, 0.1) is 18.9 Å². The fourth-order valence-electron chi connectivity index (χ4n) is 2.07. The summed E-state index contributed by atoms with van der Waals surface area (Å²) in [5, 5.41) is 8.29. The van der Waals surface area contributed by atoms with E-state index in [9.17, 15) is 4.79 Å². The first-order valence-electron chi connectivity index (χ1n) is 6.04. The zero-order chi connectivity index (χ0) is 12.3. The lowest BCUT2D eigenvalue weighted by atomic mass is 9.89. The summed E-state index contributed by atoms with van der Waals surface area (Å²) in [5.74, 6) is 0.572. The van der Waals surface area contributed by atoms with Crippen molar-refractivity contribution >= 4 is 11.8 Å². The van der Waals surface area contributed by atoms with Crippen LogP contribution >= 0.6 is 0 Å². The molecule has 0 bridgehead atoms. The first-order valence-corrected chi connectivity index (χ1v) is 6.04. The van der Waals surface area contributed by atoms with Crippen LogP contribution in [0.25, 0.3) is 0 Å². The Morgan fingerprint density at radius 2 is 2.18 bits per heavy atom. The summed E-state index contributed by atoms with van der Waals surface area (Å²) in [6.07, 6.45) is 7.15. The van der Waals surface area contributed by atoms with E-state index in [1.54, 1.807) is 11.2 Å². The number of aromatic nitrogens is 2. The highest BCUT2D eigenvalue weighted by atomic mass is 16.5. The van der Waals surface area contributed by atoms with Crippen molar-refractivity contribution < 1.29 is 14.1 Å². The second-order valence-corrected chi connectivity index (χ2v) is 4.66. The lowest BCUT2D eigenvalue weighted by molar-refractivity contribution is -0.753. The molecule has 17 heavy (non-hydrogen) atoms. The van der Waals surface area contributed by atoms with Gasteiger partial charge in [-0.3, -0.25) is 14.6 Å². The van der Waals surface area contributed by atoms with Crippen molar-refractivity contribution in [3.63, 3.8) is 0 Å². The van der Waals surface area contributed by atoms with Crippen LogP contribution in [0.3, 0.4) is 0 Å².